The highest BCUT2D eigenvalue weighted by Crippen LogP contribution is 2.35. The maximum atomic E-state index is 8.45. The van der Waals surface area contributed by atoms with Crippen molar-refractivity contribution in [3.63, 3.8) is 0 Å². The average molecular weight is 368 g/mol. The first-order valence-electron chi connectivity index (χ1n) is 11.7. The zero-order valence-electron chi connectivity index (χ0n) is 17.6. The Bertz CT molecular complexity index is 491. The molecule has 0 heterocycles. The molecule has 0 radical (unpaired) electrons. The predicted octanol–water partition coefficient (Wildman–Crippen LogP) is 8.15. The van der Waals surface area contributed by atoms with Crippen molar-refractivity contribution in [1.29, 1.82) is 5.26 Å². The minimum Gasteiger partial charge on any atom is -0.193 e. The first kappa shape index (κ1) is 22.0. The van der Waals surface area contributed by atoms with Gasteiger partial charge in [0.05, 0.1) is 6.07 Å². The Kier molecular flexibility index (Phi) is 11.3. The molecule has 2 rings (SSSR count). The summed E-state index contributed by atoms with van der Waals surface area (Å²) in [6.07, 6.45) is 32.4. The van der Waals surface area contributed by atoms with Crippen LogP contribution >= 0.6 is 0 Å². The molecule has 0 saturated heterocycles. The molecule has 0 amide bonds. The lowest BCUT2D eigenvalue weighted by Crippen LogP contribution is -2.15. The van der Waals surface area contributed by atoms with Crippen LogP contribution in [0.2, 0.25) is 0 Å². The number of nitriles is 1. The fraction of sp³-hybridized carbons (Fsp3) is 0.731. The third kappa shape index (κ3) is 9.46. The fourth-order valence-electron chi connectivity index (χ4n) is 4.94. The van der Waals surface area contributed by atoms with Crippen LogP contribution in [0.1, 0.15) is 96.8 Å². The minimum atomic E-state index is 0.845. The molecule has 2 aliphatic carbocycles. The van der Waals surface area contributed by atoms with Gasteiger partial charge in [-0.15, -0.1) is 0 Å². The van der Waals surface area contributed by atoms with Crippen LogP contribution in [0.25, 0.3) is 0 Å². The van der Waals surface area contributed by atoms with Gasteiger partial charge in [-0.2, -0.15) is 5.26 Å². The van der Waals surface area contributed by atoms with E-state index in [4.69, 9.17) is 5.26 Å². The molecular weight excluding hydrogens is 326 g/mol. The molecule has 1 heteroatoms. The third-order valence-electron chi connectivity index (χ3n) is 6.81. The summed E-state index contributed by atoms with van der Waals surface area (Å²) >= 11 is 0. The van der Waals surface area contributed by atoms with Gasteiger partial charge in [0.2, 0.25) is 0 Å². The molecule has 150 valence electrons. The molecule has 0 unspecified atom stereocenters. The molecule has 2 saturated carbocycles. The van der Waals surface area contributed by atoms with Crippen molar-refractivity contribution in [2.45, 2.75) is 96.8 Å². The Balaban J connectivity index is 1.56. The molecule has 0 bridgehead atoms. The molecule has 2 fully saturated rings. The van der Waals surface area contributed by atoms with E-state index in [1.807, 2.05) is 18.2 Å². The van der Waals surface area contributed by atoms with Crippen LogP contribution in [0.3, 0.4) is 0 Å². The zero-order valence-corrected chi connectivity index (χ0v) is 17.6. The lowest BCUT2D eigenvalue weighted by atomic mass is 9.77. The lowest BCUT2D eigenvalue weighted by Gasteiger charge is -2.29. The number of unbranched alkanes of at least 4 members (excludes halogenated alkanes) is 2. The third-order valence-corrected chi connectivity index (χ3v) is 6.81. The van der Waals surface area contributed by atoms with Gasteiger partial charge in [0.25, 0.3) is 0 Å². The highest BCUT2D eigenvalue weighted by molar-refractivity contribution is 5.11. The SMILES string of the molecule is CCCCC[C@H]1CC[C@H](C=C[C@H]2CC[C@H](CCC=CC=CC#N)CC2)CC1. The summed E-state index contributed by atoms with van der Waals surface area (Å²) in [4.78, 5) is 0. The van der Waals surface area contributed by atoms with E-state index < -0.39 is 0 Å². The van der Waals surface area contributed by atoms with Crippen LogP contribution in [-0.4, -0.2) is 0 Å². The van der Waals surface area contributed by atoms with Gasteiger partial charge in [-0.05, 0) is 87.9 Å². The highest BCUT2D eigenvalue weighted by Gasteiger charge is 2.21. The van der Waals surface area contributed by atoms with E-state index in [1.165, 1.54) is 89.5 Å². The summed E-state index contributed by atoms with van der Waals surface area (Å²) in [6, 6.07) is 2.02. The van der Waals surface area contributed by atoms with Crippen molar-refractivity contribution in [2.24, 2.45) is 23.7 Å². The first-order chi connectivity index (χ1) is 13.3. The van der Waals surface area contributed by atoms with Gasteiger partial charge in [0, 0.05) is 6.08 Å². The zero-order chi connectivity index (χ0) is 19.2. The van der Waals surface area contributed by atoms with Gasteiger partial charge < -0.3 is 0 Å². The van der Waals surface area contributed by atoms with E-state index >= 15 is 0 Å². The van der Waals surface area contributed by atoms with Gasteiger partial charge in [-0.1, -0.05) is 63.0 Å². The summed E-state index contributed by atoms with van der Waals surface area (Å²) in [5.74, 6) is 3.66. The molecule has 1 nitrogen and oxygen atoms in total. The van der Waals surface area contributed by atoms with Crippen molar-refractivity contribution < 1.29 is 0 Å². The summed E-state index contributed by atoms with van der Waals surface area (Å²) in [5.41, 5.74) is 0. The standard InChI is InChI=1S/C26H41N/c1-2-3-7-10-23-12-16-25(17-13-23)20-21-26-18-14-24(15-19-26)11-8-5-4-6-9-22-27/h4-6,9,20-21,23-26H,2-3,7-8,10-19H2,1H3/t23-,24-,25-,26-. The monoisotopic (exact) mass is 367 g/mol. The van der Waals surface area contributed by atoms with Crippen molar-refractivity contribution in [3.8, 4) is 6.07 Å². The second kappa shape index (κ2) is 13.8. The first-order valence-corrected chi connectivity index (χ1v) is 11.7. The van der Waals surface area contributed by atoms with Crippen LogP contribution < -0.4 is 0 Å². The molecule has 0 aromatic carbocycles. The molecule has 27 heavy (non-hydrogen) atoms. The quantitative estimate of drug-likeness (QED) is 0.165. The van der Waals surface area contributed by atoms with Crippen molar-refractivity contribution >= 4 is 0 Å². The second-order valence-electron chi connectivity index (χ2n) is 8.94. The van der Waals surface area contributed by atoms with Crippen LogP contribution in [0.5, 0.6) is 0 Å². The van der Waals surface area contributed by atoms with E-state index in [-0.39, 0.29) is 0 Å². The van der Waals surface area contributed by atoms with Gasteiger partial charge in [-0.3, -0.25) is 0 Å². The summed E-state index contributed by atoms with van der Waals surface area (Å²) in [7, 11) is 0. The van der Waals surface area contributed by atoms with E-state index in [9.17, 15) is 0 Å². The molecule has 0 spiro atoms. The second-order valence-corrected chi connectivity index (χ2v) is 8.94. The van der Waals surface area contributed by atoms with E-state index in [2.05, 4.69) is 25.2 Å². The predicted molar refractivity (Wildman–Crippen MR) is 117 cm³/mol. The molecule has 0 aliphatic heterocycles. The smallest absolute Gasteiger partial charge is 0.0912 e. The molecule has 0 aromatic rings. The van der Waals surface area contributed by atoms with Gasteiger partial charge in [0.1, 0.15) is 0 Å². The van der Waals surface area contributed by atoms with Crippen molar-refractivity contribution in [1.82, 2.24) is 0 Å². The van der Waals surface area contributed by atoms with Gasteiger partial charge >= 0.3 is 0 Å². The number of rotatable bonds is 10. The number of nitrogens with zero attached hydrogens (tertiary/aromatic N) is 1. The Hall–Kier alpha value is -1.29. The maximum absolute atomic E-state index is 8.45. The largest absolute Gasteiger partial charge is 0.193 e. The summed E-state index contributed by atoms with van der Waals surface area (Å²) in [5, 5.41) is 8.45. The van der Waals surface area contributed by atoms with Crippen LogP contribution in [0.15, 0.2) is 36.5 Å². The van der Waals surface area contributed by atoms with Gasteiger partial charge in [0.15, 0.2) is 0 Å². The Morgan fingerprint density at radius 3 is 1.93 bits per heavy atom. The van der Waals surface area contributed by atoms with Crippen LogP contribution in [0.4, 0.5) is 0 Å². The highest BCUT2D eigenvalue weighted by atomic mass is 14.3. The van der Waals surface area contributed by atoms with Crippen LogP contribution in [0, 0.1) is 35.0 Å². The minimum absolute atomic E-state index is 0.845. The summed E-state index contributed by atoms with van der Waals surface area (Å²) in [6.45, 7) is 2.31. The molecular formula is C26H41N. The molecule has 0 N–H and O–H groups in total. The Labute approximate surface area is 168 Å². The topological polar surface area (TPSA) is 23.8 Å². The fourth-order valence-corrected chi connectivity index (χ4v) is 4.94. The van der Waals surface area contributed by atoms with E-state index in [1.54, 1.807) is 0 Å². The molecule has 0 atom stereocenters. The van der Waals surface area contributed by atoms with Crippen molar-refractivity contribution in [3.05, 3.63) is 36.5 Å². The Morgan fingerprint density at radius 1 is 0.778 bits per heavy atom. The number of allylic oxidation sites excluding steroid dienone is 6. The molecule has 0 aromatic heterocycles. The van der Waals surface area contributed by atoms with E-state index in [0.29, 0.717) is 0 Å². The van der Waals surface area contributed by atoms with Crippen molar-refractivity contribution in [2.75, 3.05) is 0 Å². The lowest BCUT2D eigenvalue weighted by molar-refractivity contribution is 0.283. The maximum Gasteiger partial charge on any atom is 0.0912 e. The van der Waals surface area contributed by atoms with Gasteiger partial charge in [-0.25, -0.2) is 0 Å². The number of hydrogen-bond donors (Lipinski definition) is 0. The van der Waals surface area contributed by atoms with E-state index in [0.717, 1.165) is 30.1 Å². The Morgan fingerprint density at radius 2 is 1.37 bits per heavy atom. The number of hydrogen-bond acceptors (Lipinski definition) is 1. The molecule has 2 aliphatic rings. The normalized spacial score (nSPS) is 29.6. The van der Waals surface area contributed by atoms with Crippen LogP contribution in [-0.2, 0) is 0 Å². The average Bonchev–Trinajstić information content (AvgIpc) is 2.71. The summed E-state index contributed by atoms with van der Waals surface area (Å²) < 4.78 is 0.